The van der Waals surface area contributed by atoms with Gasteiger partial charge in [-0.2, -0.15) is 0 Å². The van der Waals surface area contributed by atoms with Gasteiger partial charge in [0.25, 0.3) is 5.91 Å². The standard InChI is InChI=1S/C16H14ClNO3/c1-11-5-8-15(21-11)16(20)18-14-7-6-13(17)10-12(14)4-2-3-9-19/h5-8,10,19H,3,9H2,1H3,(H,18,20). The predicted molar refractivity (Wildman–Crippen MR) is 81.4 cm³/mol. The molecule has 0 saturated heterocycles. The van der Waals surface area contributed by atoms with Crippen LogP contribution in [0.15, 0.2) is 34.7 Å². The molecular formula is C16H14ClNO3. The van der Waals surface area contributed by atoms with E-state index in [0.29, 0.717) is 28.5 Å². The maximum absolute atomic E-state index is 12.1. The largest absolute Gasteiger partial charge is 0.456 e. The van der Waals surface area contributed by atoms with Gasteiger partial charge in [0.15, 0.2) is 5.76 Å². The summed E-state index contributed by atoms with van der Waals surface area (Å²) < 4.78 is 5.27. The number of anilines is 1. The summed E-state index contributed by atoms with van der Waals surface area (Å²) in [5.74, 6) is 6.23. The van der Waals surface area contributed by atoms with Crippen molar-refractivity contribution in [3.8, 4) is 11.8 Å². The van der Waals surface area contributed by atoms with Crippen LogP contribution in [0.4, 0.5) is 5.69 Å². The SMILES string of the molecule is Cc1ccc(C(=O)Nc2ccc(Cl)cc2C#CCCO)o1. The zero-order valence-electron chi connectivity index (χ0n) is 11.4. The minimum atomic E-state index is -0.351. The van der Waals surface area contributed by atoms with E-state index in [2.05, 4.69) is 17.2 Å². The van der Waals surface area contributed by atoms with Gasteiger partial charge in [-0.25, -0.2) is 0 Å². The van der Waals surface area contributed by atoms with E-state index in [1.807, 2.05) is 0 Å². The lowest BCUT2D eigenvalue weighted by Gasteiger charge is -2.06. The van der Waals surface area contributed by atoms with Crippen LogP contribution < -0.4 is 5.32 Å². The number of benzene rings is 1. The number of aliphatic hydroxyl groups excluding tert-OH is 1. The predicted octanol–water partition coefficient (Wildman–Crippen LogP) is 3.23. The quantitative estimate of drug-likeness (QED) is 0.856. The number of aryl methyl sites for hydroxylation is 1. The molecule has 0 aliphatic carbocycles. The second kappa shape index (κ2) is 6.98. The Bertz CT molecular complexity index is 710. The molecule has 4 nitrogen and oxygen atoms in total. The molecule has 0 aliphatic heterocycles. The molecule has 0 atom stereocenters. The summed E-state index contributed by atoms with van der Waals surface area (Å²) >= 11 is 5.94. The molecule has 0 bridgehead atoms. The minimum Gasteiger partial charge on any atom is -0.456 e. The number of carbonyl (C=O) groups excluding carboxylic acids is 1. The van der Waals surface area contributed by atoms with Crippen LogP contribution in [0.5, 0.6) is 0 Å². The molecule has 1 aromatic carbocycles. The highest BCUT2D eigenvalue weighted by Gasteiger charge is 2.12. The van der Waals surface area contributed by atoms with Gasteiger partial charge >= 0.3 is 0 Å². The summed E-state index contributed by atoms with van der Waals surface area (Å²) in [7, 11) is 0. The number of amides is 1. The van der Waals surface area contributed by atoms with Crippen molar-refractivity contribution in [2.24, 2.45) is 0 Å². The van der Waals surface area contributed by atoms with Crippen molar-refractivity contribution in [3.63, 3.8) is 0 Å². The fourth-order valence-corrected chi connectivity index (χ4v) is 1.86. The van der Waals surface area contributed by atoms with Gasteiger partial charge in [-0.05, 0) is 37.3 Å². The molecule has 0 unspecified atom stereocenters. The van der Waals surface area contributed by atoms with Crippen LogP contribution in [0.25, 0.3) is 0 Å². The van der Waals surface area contributed by atoms with Crippen molar-refractivity contribution in [3.05, 3.63) is 52.4 Å². The topological polar surface area (TPSA) is 62.5 Å². The number of rotatable bonds is 3. The van der Waals surface area contributed by atoms with Crippen molar-refractivity contribution in [2.75, 3.05) is 11.9 Å². The van der Waals surface area contributed by atoms with Crippen molar-refractivity contribution in [1.29, 1.82) is 0 Å². The first kappa shape index (κ1) is 15.2. The summed E-state index contributed by atoms with van der Waals surface area (Å²) in [6, 6.07) is 8.34. The van der Waals surface area contributed by atoms with Crippen LogP contribution in [0.1, 0.15) is 28.3 Å². The monoisotopic (exact) mass is 303 g/mol. The molecule has 2 N–H and O–H groups in total. The zero-order chi connectivity index (χ0) is 15.2. The number of halogens is 1. The molecule has 21 heavy (non-hydrogen) atoms. The van der Waals surface area contributed by atoms with E-state index in [1.54, 1.807) is 37.3 Å². The Balaban J connectivity index is 2.23. The van der Waals surface area contributed by atoms with Gasteiger partial charge in [0.1, 0.15) is 5.76 Å². The van der Waals surface area contributed by atoms with Gasteiger partial charge in [-0.1, -0.05) is 23.4 Å². The molecule has 0 saturated carbocycles. The minimum absolute atomic E-state index is 0.0130. The lowest BCUT2D eigenvalue weighted by molar-refractivity contribution is 0.0995. The first-order valence-electron chi connectivity index (χ1n) is 6.37. The Kier molecular flexibility index (Phi) is 5.04. The van der Waals surface area contributed by atoms with Gasteiger partial charge in [0, 0.05) is 17.0 Å². The van der Waals surface area contributed by atoms with Crippen molar-refractivity contribution >= 4 is 23.2 Å². The Morgan fingerprint density at radius 2 is 2.19 bits per heavy atom. The molecule has 0 radical (unpaired) electrons. The van der Waals surface area contributed by atoms with Gasteiger partial charge in [0.05, 0.1) is 12.3 Å². The smallest absolute Gasteiger partial charge is 0.291 e. The Hall–Kier alpha value is -2.22. The molecule has 108 valence electrons. The third-order valence-electron chi connectivity index (χ3n) is 2.65. The van der Waals surface area contributed by atoms with Crippen LogP contribution >= 0.6 is 11.6 Å². The molecule has 5 heteroatoms. The normalized spacial score (nSPS) is 9.86. The molecule has 0 aliphatic rings. The van der Waals surface area contributed by atoms with Crippen LogP contribution in [-0.2, 0) is 0 Å². The zero-order valence-corrected chi connectivity index (χ0v) is 12.2. The third kappa shape index (κ3) is 4.12. The molecule has 1 amide bonds. The van der Waals surface area contributed by atoms with Gasteiger partial charge in [-0.15, -0.1) is 0 Å². The van der Waals surface area contributed by atoms with E-state index in [1.165, 1.54) is 0 Å². The molecular weight excluding hydrogens is 290 g/mol. The second-order valence-electron chi connectivity index (χ2n) is 4.33. The number of aliphatic hydroxyl groups is 1. The number of nitrogens with one attached hydrogen (secondary N) is 1. The molecule has 1 aromatic heterocycles. The lowest BCUT2D eigenvalue weighted by atomic mass is 10.1. The molecule has 0 fully saturated rings. The Morgan fingerprint density at radius 1 is 1.38 bits per heavy atom. The number of hydrogen-bond donors (Lipinski definition) is 2. The van der Waals surface area contributed by atoms with E-state index in [0.717, 1.165) is 0 Å². The average molecular weight is 304 g/mol. The van der Waals surface area contributed by atoms with Crippen molar-refractivity contribution < 1.29 is 14.3 Å². The second-order valence-corrected chi connectivity index (χ2v) is 4.77. The summed E-state index contributed by atoms with van der Waals surface area (Å²) in [6.45, 7) is 1.76. The van der Waals surface area contributed by atoms with Gasteiger partial charge < -0.3 is 14.8 Å². The van der Waals surface area contributed by atoms with Crippen LogP contribution in [0.2, 0.25) is 5.02 Å². The number of carbonyl (C=O) groups is 1. The van der Waals surface area contributed by atoms with Crippen LogP contribution in [0.3, 0.4) is 0 Å². The third-order valence-corrected chi connectivity index (χ3v) is 2.89. The molecule has 2 rings (SSSR count). The first-order valence-corrected chi connectivity index (χ1v) is 6.75. The fraction of sp³-hybridized carbons (Fsp3) is 0.188. The summed E-state index contributed by atoms with van der Waals surface area (Å²) in [6.07, 6.45) is 0.358. The number of hydrogen-bond acceptors (Lipinski definition) is 3. The van der Waals surface area contributed by atoms with E-state index in [4.69, 9.17) is 21.1 Å². The molecule has 0 spiro atoms. The van der Waals surface area contributed by atoms with Crippen molar-refractivity contribution in [1.82, 2.24) is 0 Å². The van der Waals surface area contributed by atoms with Crippen LogP contribution in [0, 0.1) is 18.8 Å². The molecule has 2 aromatic rings. The maximum Gasteiger partial charge on any atom is 0.291 e. The molecule has 1 heterocycles. The van der Waals surface area contributed by atoms with Gasteiger partial charge in [0.2, 0.25) is 0 Å². The highest BCUT2D eigenvalue weighted by atomic mass is 35.5. The average Bonchev–Trinajstić information content (AvgIpc) is 2.88. The van der Waals surface area contributed by atoms with Crippen LogP contribution in [-0.4, -0.2) is 17.6 Å². The summed E-state index contributed by atoms with van der Waals surface area (Å²) in [5, 5.41) is 12.0. The van der Waals surface area contributed by atoms with E-state index in [-0.39, 0.29) is 18.3 Å². The summed E-state index contributed by atoms with van der Waals surface area (Å²) in [5.41, 5.74) is 1.14. The lowest BCUT2D eigenvalue weighted by Crippen LogP contribution is -2.11. The van der Waals surface area contributed by atoms with E-state index >= 15 is 0 Å². The highest BCUT2D eigenvalue weighted by molar-refractivity contribution is 6.30. The van der Waals surface area contributed by atoms with E-state index < -0.39 is 0 Å². The Morgan fingerprint density at radius 3 is 2.86 bits per heavy atom. The highest BCUT2D eigenvalue weighted by Crippen LogP contribution is 2.21. The fourth-order valence-electron chi connectivity index (χ4n) is 1.68. The maximum atomic E-state index is 12.1. The summed E-state index contributed by atoms with van der Waals surface area (Å²) in [4.78, 5) is 12.1. The Labute approximate surface area is 127 Å². The first-order chi connectivity index (χ1) is 10.1. The van der Waals surface area contributed by atoms with Crippen molar-refractivity contribution in [2.45, 2.75) is 13.3 Å². The number of furan rings is 1. The van der Waals surface area contributed by atoms with Gasteiger partial charge in [-0.3, -0.25) is 4.79 Å². The van der Waals surface area contributed by atoms with E-state index in [9.17, 15) is 4.79 Å².